The van der Waals surface area contributed by atoms with Gasteiger partial charge in [-0.05, 0) is 12.5 Å². The number of halogens is 1. The van der Waals surface area contributed by atoms with E-state index in [2.05, 4.69) is 22.1 Å². The first kappa shape index (κ1) is 11.2. The van der Waals surface area contributed by atoms with Gasteiger partial charge in [0.15, 0.2) is 0 Å². The normalized spacial score (nSPS) is 9.00. The molecule has 4 heteroatoms. The minimum Gasteiger partial charge on any atom is -0.345 e. The van der Waals surface area contributed by atoms with E-state index in [4.69, 9.17) is 0 Å². The standard InChI is InChI=1S/C11H11FN2O/c1-8-7-14-11(12)6-10(8)4-3-5-13-9(2)15/h6-7H,5H2,1-2H3,(H,13,15). The molecule has 0 saturated carbocycles. The van der Waals surface area contributed by atoms with Crippen molar-refractivity contribution in [3.05, 3.63) is 29.3 Å². The topological polar surface area (TPSA) is 42.0 Å². The molecule has 1 amide bonds. The number of aromatic nitrogens is 1. The van der Waals surface area contributed by atoms with E-state index in [-0.39, 0.29) is 12.5 Å². The first-order valence-electron chi connectivity index (χ1n) is 4.45. The number of nitrogens with one attached hydrogen (secondary N) is 1. The maximum absolute atomic E-state index is 12.7. The molecule has 0 spiro atoms. The molecule has 1 N–H and O–H groups in total. The average molecular weight is 206 g/mol. The molecule has 0 bridgehead atoms. The number of hydrogen-bond acceptors (Lipinski definition) is 2. The fourth-order valence-electron chi connectivity index (χ4n) is 0.941. The van der Waals surface area contributed by atoms with Gasteiger partial charge in [0, 0.05) is 24.8 Å². The zero-order valence-electron chi connectivity index (χ0n) is 8.60. The molecule has 1 heterocycles. The molecule has 0 atom stereocenters. The molecule has 0 fully saturated rings. The lowest BCUT2D eigenvalue weighted by Gasteiger charge is -1.96. The molecule has 78 valence electrons. The molecule has 0 saturated heterocycles. The highest BCUT2D eigenvalue weighted by molar-refractivity contribution is 5.73. The Morgan fingerprint density at radius 1 is 1.67 bits per heavy atom. The van der Waals surface area contributed by atoms with Crippen LogP contribution in [0.15, 0.2) is 12.3 Å². The second-order valence-corrected chi connectivity index (χ2v) is 3.03. The Morgan fingerprint density at radius 2 is 2.40 bits per heavy atom. The fraction of sp³-hybridized carbons (Fsp3) is 0.273. The number of amides is 1. The zero-order valence-corrected chi connectivity index (χ0v) is 8.60. The average Bonchev–Trinajstić information content (AvgIpc) is 2.17. The van der Waals surface area contributed by atoms with Crippen LogP contribution in [0.2, 0.25) is 0 Å². The Balaban J connectivity index is 2.71. The van der Waals surface area contributed by atoms with E-state index >= 15 is 0 Å². The number of rotatable bonds is 1. The molecule has 0 aliphatic carbocycles. The monoisotopic (exact) mass is 206 g/mol. The van der Waals surface area contributed by atoms with E-state index in [0.717, 1.165) is 5.56 Å². The zero-order chi connectivity index (χ0) is 11.3. The van der Waals surface area contributed by atoms with Crippen molar-refractivity contribution >= 4 is 5.91 Å². The van der Waals surface area contributed by atoms with Crippen LogP contribution in [0, 0.1) is 24.7 Å². The van der Waals surface area contributed by atoms with E-state index in [1.54, 1.807) is 6.92 Å². The summed E-state index contributed by atoms with van der Waals surface area (Å²) in [6.07, 6.45) is 1.43. The highest BCUT2D eigenvalue weighted by Crippen LogP contribution is 2.05. The molecular weight excluding hydrogens is 195 g/mol. The van der Waals surface area contributed by atoms with Crippen molar-refractivity contribution in [1.29, 1.82) is 0 Å². The molecule has 1 rings (SSSR count). The van der Waals surface area contributed by atoms with Crippen molar-refractivity contribution in [1.82, 2.24) is 10.3 Å². The van der Waals surface area contributed by atoms with Crippen molar-refractivity contribution < 1.29 is 9.18 Å². The number of nitrogens with zero attached hydrogens (tertiary/aromatic N) is 1. The second kappa shape index (κ2) is 5.11. The van der Waals surface area contributed by atoms with Crippen LogP contribution in [0.5, 0.6) is 0 Å². The number of pyridine rings is 1. The quantitative estimate of drug-likeness (QED) is 0.550. The summed E-state index contributed by atoms with van der Waals surface area (Å²) >= 11 is 0. The summed E-state index contributed by atoms with van der Waals surface area (Å²) in [5.74, 6) is 4.80. The molecule has 3 nitrogen and oxygen atoms in total. The van der Waals surface area contributed by atoms with Gasteiger partial charge >= 0.3 is 0 Å². The minimum absolute atomic E-state index is 0.137. The predicted molar refractivity (Wildman–Crippen MR) is 54.5 cm³/mol. The van der Waals surface area contributed by atoms with E-state index in [1.165, 1.54) is 19.2 Å². The first-order chi connectivity index (χ1) is 7.09. The maximum atomic E-state index is 12.7. The molecule has 1 aromatic rings. The van der Waals surface area contributed by atoms with Gasteiger partial charge in [-0.2, -0.15) is 4.39 Å². The number of carbonyl (C=O) groups is 1. The molecule has 0 aromatic carbocycles. The van der Waals surface area contributed by atoms with E-state index in [0.29, 0.717) is 5.56 Å². The minimum atomic E-state index is -0.551. The largest absolute Gasteiger partial charge is 0.345 e. The summed E-state index contributed by atoms with van der Waals surface area (Å²) < 4.78 is 12.7. The number of carbonyl (C=O) groups excluding carboxylic acids is 1. The van der Waals surface area contributed by atoms with Crippen LogP contribution >= 0.6 is 0 Å². The van der Waals surface area contributed by atoms with Crippen LogP contribution in [0.4, 0.5) is 4.39 Å². The molecule has 15 heavy (non-hydrogen) atoms. The van der Waals surface area contributed by atoms with Gasteiger partial charge in [-0.1, -0.05) is 11.8 Å². The van der Waals surface area contributed by atoms with Crippen molar-refractivity contribution in [2.75, 3.05) is 6.54 Å². The summed E-state index contributed by atoms with van der Waals surface area (Å²) in [6, 6.07) is 1.27. The van der Waals surface area contributed by atoms with Crippen molar-refractivity contribution in [2.45, 2.75) is 13.8 Å². The van der Waals surface area contributed by atoms with Crippen molar-refractivity contribution in [3.8, 4) is 11.8 Å². The lowest BCUT2D eigenvalue weighted by atomic mass is 10.2. The highest BCUT2D eigenvalue weighted by Gasteiger charge is 1.97. The Bertz CT molecular complexity index is 432. The van der Waals surface area contributed by atoms with Crippen molar-refractivity contribution in [2.24, 2.45) is 0 Å². The van der Waals surface area contributed by atoms with E-state index < -0.39 is 5.95 Å². The molecule has 0 aliphatic heterocycles. The van der Waals surface area contributed by atoms with Crippen LogP contribution < -0.4 is 5.32 Å². The van der Waals surface area contributed by atoms with Gasteiger partial charge in [0.05, 0.1) is 6.54 Å². The third-order valence-electron chi connectivity index (χ3n) is 1.72. The smallest absolute Gasteiger partial charge is 0.217 e. The van der Waals surface area contributed by atoms with Crippen LogP contribution in [0.25, 0.3) is 0 Å². The Kier molecular flexibility index (Phi) is 3.81. The summed E-state index contributed by atoms with van der Waals surface area (Å²) in [7, 11) is 0. The van der Waals surface area contributed by atoms with Crippen LogP contribution in [0.3, 0.4) is 0 Å². The summed E-state index contributed by atoms with van der Waals surface area (Å²) in [5.41, 5.74) is 1.40. The summed E-state index contributed by atoms with van der Waals surface area (Å²) in [4.78, 5) is 14.0. The lowest BCUT2D eigenvalue weighted by molar-refractivity contribution is -0.118. The van der Waals surface area contributed by atoms with Gasteiger partial charge in [-0.25, -0.2) is 4.98 Å². The molecular formula is C11H11FN2O. The maximum Gasteiger partial charge on any atom is 0.217 e. The fourth-order valence-corrected chi connectivity index (χ4v) is 0.941. The second-order valence-electron chi connectivity index (χ2n) is 3.03. The predicted octanol–water partition coefficient (Wildman–Crippen LogP) is 1.02. The molecule has 0 unspecified atom stereocenters. The number of aryl methyl sites for hydroxylation is 1. The summed E-state index contributed by atoms with van der Waals surface area (Å²) in [5, 5.41) is 2.53. The van der Waals surface area contributed by atoms with Gasteiger partial charge in [0.25, 0.3) is 0 Å². The Labute approximate surface area is 87.7 Å². The van der Waals surface area contributed by atoms with Crippen LogP contribution in [-0.2, 0) is 4.79 Å². The Morgan fingerprint density at radius 3 is 3.07 bits per heavy atom. The number of hydrogen-bond donors (Lipinski definition) is 1. The van der Waals surface area contributed by atoms with E-state index in [9.17, 15) is 9.18 Å². The first-order valence-corrected chi connectivity index (χ1v) is 4.45. The lowest BCUT2D eigenvalue weighted by Crippen LogP contribution is -2.19. The van der Waals surface area contributed by atoms with Crippen LogP contribution in [-0.4, -0.2) is 17.4 Å². The Hall–Kier alpha value is -1.89. The third kappa shape index (κ3) is 3.77. The SMILES string of the molecule is CC(=O)NCC#Cc1cc(F)ncc1C. The van der Waals surface area contributed by atoms with Gasteiger partial charge in [-0.15, -0.1) is 0 Å². The third-order valence-corrected chi connectivity index (χ3v) is 1.72. The summed E-state index contributed by atoms with van der Waals surface area (Å²) in [6.45, 7) is 3.48. The molecule has 0 aliphatic rings. The molecule has 1 aromatic heterocycles. The van der Waals surface area contributed by atoms with Gasteiger partial charge in [0.2, 0.25) is 11.9 Å². The van der Waals surface area contributed by atoms with Gasteiger partial charge in [0.1, 0.15) is 0 Å². The van der Waals surface area contributed by atoms with Crippen LogP contribution in [0.1, 0.15) is 18.1 Å². The van der Waals surface area contributed by atoms with Gasteiger partial charge < -0.3 is 5.32 Å². The van der Waals surface area contributed by atoms with Gasteiger partial charge in [-0.3, -0.25) is 4.79 Å². The van der Waals surface area contributed by atoms with E-state index in [1.807, 2.05) is 0 Å². The van der Waals surface area contributed by atoms with Crippen molar-refractivity contribution in [3.63, 3.8) is 0 Å². The molecule has 0 radical (unpaired) electrons. The highest BCUT2D eigenvalue weighted by atomic mass is 19.1.